The van der Waals surface area contributed by atoms with Crippen LogP contribution in [0.4, 0.5) is 0 Å². The molecular formula is C15H23NO3. The summed E-state index contributed by atoms with van der Waals surface area (Å²) in [5, 5.41) is 0. The van der Waals surface area contributed by atoms with Crippen LogP contribution in [0, 0.1) is 0 Å². The fraction of sp³-hybridized carbons (Fsp3) is 0.533. The summed E-state index contributed by atoms with van der Waals surface area (Å²) < 4.78 is 5.76. The van der Waals surface area contributed by atoms with Crippen molar-refractivity contribution < 1.29 is 14.4 Å². The molecule has 0 heterocycles. The normalized spacial score (nSPS) is 12.9. The molecule has 4 heteroatoms. The summed E-state index contributed by atoms with van der Waals surface area (Å²) in [4.78, 5) is 15.8. The summed E-state index contributed by atoms with van der Waals surface area (Å²) in [5.74, 6) is 0.864. The second-order valence-corrected chi connectivity index (χ2v) is 5.65. The lowest BCUT2D eigenvalue weighted by molar-refractivity contribution is -0.131. The number of benzene rings is 1. The van der Waals surface area contributed by atoms with Crippen LogP contribution >= 0.6 is 0 Å². The molecule has 0 saturated heterocycles. The fourth-order valence-corrected chi connectivity index (χ4v) is 1.58. The molecule has 4 nitrogen and oxygen atoms in total. The monoisotopic (exact) mass is 265 g/mol. The Morgan fingerprint density at radius 3 is 2.32 bits per heavy atom. The van der Waals surface area contributed by atoms with Crippen LogP contribution in [0.15, 0.2) is 24.3 Å². The minimum absolute atomic E-state index is 0.193. The molecule has 1 rings (SSSR count). The maximum absolute atomic E-state index is 10.7. The molecule has 1 aromatic carbocycles. The lowest BCUT2D eigenvalue weighted by Crippen LogP contribution is -2.23. The molecule has 1 aromatic rings. The molecule has 0 unspecified atom stereocenters. The van der Waals surface area contributed by atoms with E-state index in [1.807, 2.05) is 52.0 Å². The number of nitrogens with one attached hydrogen (secondary N) is 1. The molecule has 0 fully saturated rings. The summed E-state index contributed by atoms with van der Waals surface area (Å²) in [6, 6.07) is 7.94. The van der Waals surface area contributed by atoms with Gasteiger partial charge in [0.25, 0.3) is 0 Å². The number of ether oxygens (including phenoxy) is 1. The predicted octanol–water partition coefficient (Wildman–Crippen LogP) is 3.04. The Bertz CT molecular complexity index is 406. The summed E-state index contributed by atoms with van der Waals surface area (Å²) in [6.07, 6.45) is 0. The van der Waals surface area contributed by atoms with Gasteiger partial charge in [-0.3, -0.25) is 9.63 Å². The summed E-state index contributed by atoms with van der Waals surface area (Å²) in [5.41, 5.74) is 3.28. The van der Waals surface area contributed by atoms with Crippen LogP contribution < -0.4 is 10.2 Å². The fourth-order valence-electron chi connectivity index (χ4n) is 1.58. The molecule has 1 amide bonds. The number of carbonyl (C=O) groups excluding carboxylic acids is 1. The van der Waals surface area contributed by atoms with E-state index >= 15 is 0 Å². The minimum Gasteiger partial charge on any atom is -0.488 e. The Kier molecular flexibility index (Phi) is 5.36. The molecular weight excluding hydrogens is 242 g/mol. The average Bonchev–Trinajstić information content (AvgIpc) is 2.27. The van der Waals surface area contributed by atoms with Crippen LogP contribution in [0.25, 0.3) is 0 Å². The summed E-state index contributed by atoms with van der Waals surface area (Å²) in [7, 11) is 0. The summed E-state index contributed by atoms with van der Waals surface area (Å²) >= 11 is 0. The number of hydroxylamine groups is 1. The third kappa shape index (κ3) is 6.25. The minimum atomic E-state index is -0.193. The van der Waals surface area contributed by atoms with E-state index in [0.29, 0.717) is 6.61 Å². The Morgan fingerprint density at radius 2 is 1.84 bits per heavy atom. The molecule has 0 spiro atoms. The number of carbonyl (C=O) groups is 1. The predicted molar refractivity (Wildman–Crippen MR) is 75.0 cm³/mol. The van der Waals surface area contributed by atoms with Crippen molar-refractivity contribution in [1.82, 2.24) is 5.48 Å². The SMILES string of the molecule is CC(=O)NOC[C@H](C)c1ccc(OC(C)(C)C)cc1. The highest BCUT2D eigenvalue weighted by Gasteiger charge is 2.12. The van der Waals surface area contributed by atoms with Crippen molar-refractivity contribution >= 4 is 5.91 Å². The van der Waals surface area contributed by atoms with Crippen LogP contribution in [0.3, 0.4) is 0 Å². The molecule has 0 aliphatic heterocycles. The van der Waals surface area contributed by atoms with Gasteiger partial charge in [-0.25, -0.2) is 5.48 Å². The van der Waals surface area contributed by atoms with E-state index in [2.05, 4.69) is 5.48 Å². The number of rotatable bonds is 5. The van der Waals surface area contributed by atoms with E-state index in [1.165, 1.54) is 6.92 Å². The van der Waals surface area contributed by atoms with E-state index in [4.69, 9.17) is 9.57 Å². The van der Waals surface area contributed by atoms with Gasteiger partial charge in [0.2, 0.25) is 5.91 Å². The van der Waals surface area contributed by atoms with E-state index in [9.17, 15) is 4.79 Å². The molecule has 0 aliphatic rings. The quantitative estimate of drug-likeness (QED) is 0.832. The third-order valence-electron chi connectivity index (χ3n) is 2.42. The van der Waals surface area contributed by atoms with Gasteiger partial charge in [0.05, 0.1) is 6.61 Å². The van der Waals surface area contributed by atoms with Gasteiger partial charge in [-0.1, -0.05) is 19.1 Å². The van der Waals surface area contributed by atoms with Crippen molar-refractivity contribution in [2.24, 2.45) is 0 Å². The number of amides is 1. The van der Waals surface area contributed by atoms with E-state index in [1.54, 1.807) is 0 Å². The maximum Gasteiger partial charge on any atom is 0.240 e. The first-order valence-electron chi connectivity index (χ1n) is 6.45. The second kappa shape index (κ2) is 6.57. The zero-order valence-electron chi connectivity index (χ0n) is 12.3. The Balaban J connectivity index is 2.53. The standard InChI is InChI=1S/C15H23NO3/c1-11(10-18-16-12(2)17)13-6-8-14(9-7-13)19-15(3,4)5/h6-9,11H,10H2,1-5H3,(H,16,17)/t11-/m0/s1. The van der Waals surface area contributed by atoms with Crippen molar-refractivity contribution in [2.75, 3.05) is 6.61 Å². The molecule has 1 atom stereocenters. The van der Waals surface area contributed by atoms with E-state index in [0.717, 1.165) is 11.3 Å². The molecule has 0 aromatic heterocycles. The zero-order valence-corrected chi connectivity index (χ0v) is 12.3. The van der Waals surface area contributed by atoms with Gasteiger partial charge in [-0.2, -0.15) is 0 Å². The first-order valence-corrected chi connectivity index (χ1v) is 6.45. The highest BCUT2D eigenvalue weighted by atomic mass is 16.6. The Labute approximate surface area is 115 Å². The van der Waals surface area contributed by atoms with Gasteiger partial charge in [0, 0.05) is 12.8 Å². The molecule has 19 heavy (non-hydrogen) atoms. The average molecular weight is 265 g/mol. The van der Waals surface area contributed by atoms with Gasteiger partial charge < -0.3 is 4.74 Å². The molecule has 1 N–H and O–H groups in total. The van der Waals surface area contributed by atoms with Crippen LogP contribution in [-0.2, 0) is 9.63 Å². The van der Waals surface area contributed by atoms with Crippen LogP contribution in [0.2, 0.25) is 0 Å². The van der Waals surface area contributed by atoms with Crippen molar-refractivity contribution in [3.05, 3.63) is 29.8 Å². The van der Waals surface area contributed by atoms with Gasteiger partial charge in [-0.05, 0) is 38.5 Å². The number of hydrogen-bond donors (Lipinski definition) is 1. The van der Waals surface area contributed by atoms with Crippen molar-refractivity contribution in [2.45, 2.75) is 46.1 Å². The topological polar surface area (TPSA) is 47.6 Å². The molecule has 0 aliphatic carbocycles. The Morgan fingerprint density at radius 1 is 1.26 bits per heavy atom. The van der Waals surface area contributed by atoms with Gasteiger partial charge in [0.1, 0.15) is 11.4 Å². The van der Waals surface area contributed by atoms with Gasteiger partial charge >= 0.3 is 0 Å². The number of hydrogen-bond acceptors (Lipinski definition) is 3. The third-order valence-corrected chi connectivity index (χ3v) is 2.42. The highest BCUT2D eigenvalue weighted by Crippen LogP contribution is 2.22. The van der Waals surface area contributed by atoms with E-state index in [-0.39, 0.29) is 17.4 Å². The Hall–Kier alpha value is -1.55. The van der Waals surface area contributed by atoms with Crippen LogP contribution in [-0.4, -0.2) is 18.1 Å². The smallest absolute Gasteiger partial charge is 0.240 e. The molecule has 0 radical (unpaired) electrons. The lowest BCUT2D eigenvalue weighted by atomic mass is 10.0. The second-order valence-electron chi connectivity index (χ2n) is 5.65. The van der Waals surface area contributed by atoms with Gasteiger partial charge in [0.15, 0.2) is 0 Å². The lowest BCUT2D eigenvalue weighted by Gasteiger charge is -2.21. The molecule has 0 bridgehead atoms. The highest BCUT2D eigenvalue weighted by molar-refractivity contribution is 5.71. The van der Waals surface area contributed by atoms with Crippen molar-refractivity contribution in [1.29, 1.82) is 0 Å². The van der Waals surface area contributed by atoms with E-state index < -0.39 is 0 Å². The van der Waals surface area contributed by atoms with Crippen LogP contribution in [0.5, 0.6) is 5.75 Å². The summed E-state index contributed by atoms with van der Waals surface area (Å²) in [6.45, 7) is 9.96. The first-order chi connectivity index (χ1) is 8.78. The van der Waals surface area contributed by atoms with Crippen LogP contribution in [0.1, 0.15) is 46.1 Å². The van der Waals surface area contributed by atoms with Crippen molar-refractivity contribution in [3.8, 4) is 5.75 Å². The van der Waals surface area contributed by atoms with Gasteiger partial charge in [-0.15, -0.1) is 0 Å². The largest absolute Gasteiger partial charge is 0.488 e. The molecule has 0 saturated carbocycles. The molecule has 106 valence electrons. The maximum atomic E-state index is 10.7. The first kappa shape index (κ1) is 15.5. The van der Waals surface area contributed by atoms with Crippen molar-refractivity contribution in [3.63, 3.8) is 0 Å². The zero-order chi connectivity index (χ0) is 14.5.